The molecular weight excluding hydrogens is 387 g/mol. The number of carbonyl (C=O) groups excluding carboxylic acids is 1. The molecule has 2 heterocycles. The lowest BCUT2D eigenvalue weighted by Crippen LogP contribution is -2.42. The second-order valence-corrected chi connectivity index (χ2v) is 8.37. The van der Waals surface area contributed by atoms with Crippen molar-refractivity contribution in [1.82, 2.24) is 14.9 Å². The molecule has 1 aliphatic heterocycles. The van der Waals surface area contributed by atoms with Gasteiger partial charge in [-0.1, -0.05) is 12.1 Å². The van der Waals surface area contributed by atoms with E-state index in [0.717, 1.165) is 12.8 Å². The molecule has 0 radical (unpaired) electrons. The average Bonchev–Trinajstić information content (AvgIpc) is 3.15. The minimum absolute atomic E-state index is 0.0119. The molecule has 30 heavy (non-hydrogen) atoms. The van der Waals surface area contributed by atoms with Crippen LogP contribution in [0, 0.1) is 6.92 Å². The van der Waals surface area contributed by atoms with Gasteiger partial charge in [0.25, 0.3) is 0 Å². The van der Waals surface area contributed by atoms with Gasteiger partial charge in [0.15, 0.2) is 0 Å². The van der Waals surface area contributed by atoms with Crippen molar-refractivity contribution < 1.29 is 18.7 Å². The molecule has 0 aliphatic carbocycles. The van der Waals surface area contributed by atoms with Gasteiger partial charge in [0, 0.05) is 13.1 Å². The van der Waals surface area contributed by atoms with E-state index in [4.69, 9.17) is 9.47 Å². The first-order chi connectivity index (χ1) is 14.2. The van der Waals surface area contributed by atoms with Crippen molar-refractivity contribution in [2.75, 3.05) is 18.4 Å². The van der Waals surface area contributed by atoms with Gasteiger partial charge < -0.3 is 19.7 Å². The Kier molecular flexibility index (Phi) is 6.74. The minimum Gasteiger partial charge on any atom is -0.444 e. The van der Waals surface area contributed by atoms with E-state index in [2.05, 4.69) is 15.3 Å². The van der Waals surface area contributed by atoms with Gasteiger partial charge in [-0.05, 0) is 58.2 Å². The van der Waals surface area contributed by atoms with E-state index in [1.165, 1.54) is 0 Å². The number of benzene rings is 1. The Hall–Kier alpha value is -2.90. The molecule has 2 aromatic rings. The van der Waals surface area contributed by atoms with E-state index in [1.54, 1.807) is 42.3 Å². The summed E-state index contributed by atoms with van der Waals surface area (Å²) in [6.07, 6.45) is 3.19. The van der Waals surface area contributed by atoms with Gasteiger partial charge in [0.05, 0.1) is 12.2 Å². The van der Waals surface area contributed by atoms with Gasteiger partial charge in [0.1, 0.15) is 29.5 Å². The highest BCUT2D eigenvalue weighted by molar-refractivity contribution is 5.69. The Morgan fingerprint density at radius 2 is 2.03 bits per heavy atom. The number of carbonyl (C=O) groups is 1. The third-order valence-corrected chi connectivity index (χ3v) is 4.70. The number of ether oxygens (including phenoxy) is 2. The first-order valence-electron chi connectivity index (χ1n) is 10.1. The van der Waals surface area contributed by atoms with Crippen molar-refractivity contribution in [3.8, 4) is 11.6 Å². The summed E-state index contributed by atoms with van der Waals surface area (Å²) in [5, 5.41) is 3.31. The van der Waals surface area contributed by atoms with Crippen molar-refractivity contribution in [3.63, 3.8) is 0 Å². The molecule has 8 heteroatoms. The Bertz CT molecular complexity index is 868. The van der Waals surface area contributed by atoms with Gasteiger partial charge in [0.2, 0.25) is 5.88 Å². The molecule has 1 atom stereocenters. The summed E-state index contributed by atoms with van der Waals surface area (Å²) in [5.41, 5.74) is 0.690. The highest BCUT2D eigenvalue weighted by atomic mass is 19.1. The molecule has 1 amide bonds. The third kappa shape index (κ3) is 5.81. The van der Waals surface area contributed by atoms with Crippen LogP contribution in [0.4, 0.5) is 14.9 Å². The fourth-order valence-corrected chi connectivity index (χ4v) is 3.24. The van der Waals surface area contributed by atoms with Crippen LogP contribution in [0.15, 0.2) is 30.5 Å². The number of hydrogen-bond acceptors (Lipinski definition) is 6. The minimum atomic E-state index is -0.527. The van der Waals surface area contributed by atoms with Crippen LogP contribution in [-0.4, -0.2) is 45.7 Å². The number of hydrogen-bond donors (Lipinski definition) is 1. The molecule has 162 valence electrons. The van der Waals surface area contributed by atoms with E-state index in [-0.39, 0.29) is 12.1 Å². The van der Waals surface area contributed by atoms with E-state index in [1.807, 2.05) is 20.8 Å². The Balaban J connectivity index is 1.68. The average molecular weight is 416 g/mol. The normalized spacial score (nSPS) is 16.4. The number of halogens is 1. The molecule has 1 N–H and O–H groups in total. The maximum Gasteiger partial charge on any atom is 0.410 e. The topological polar surface area (TPSA) is 76.6 Å². The molecule has 1 aromatic heterocycles. The largest absolute Gasteiger partial charge is 0.444 e. The number of nitrogens with one attached hydrogen (secondary N) is 1. The lowest BCUT2D eigenvalue weighted by Gasteiger charge is -2.29. The zero-order chi connectivity index (χ0) is 21.7. The highest BCUT2D eigenvalue weighted by Crippen LogP contribution is 2.28. The molecule has 3 rings (SSSR count). The molecule has 0 saturated carbocycles. The maximum atomic E-state index is 12.7. The molecule has 0 unspecified atom stereocenters. The van der Waals surface area contributed by atoms with Crippen LogP contribution in [0.25, 0.3) is 0 Å². The highest BCUT2D eigenvalue weighted by Gasteiger charge is 2.32. The van der Waals surface area contributed by atoms with Crippen LogP contribution in [0.5, 0.6) is 11.6 Å². The Morgan fingerprint density at radius 3 is 2.70 bits per heavy atom. The van der Waals surface area contributed by atoms with E-state index in [9.17, 15) is 9.18 Å². The smallest absolute Gasteiger partial charge is 0.410 e. The van der Waals surface area contributed by atoms with Crippen molar-refractivity contribution in [3.05, 3.63) is 41.9 Å². The van der Waals surface area contributed by atoms with Gasteiger partial charge in [-0.3, -0.25) is 0 Å². The lowest BCUT2D eigenvalue weighted by atomic mass is 10.2. The number of rotatable bonds is 6. The number of nitrogens with zero attached hydrogens (tertiary/aromatic N) is 3. The van der Waals surface area contributed by atoms with Crippen molar-refractivity contribution in [2.24, 2.45) is 0 Å². The third-order valence-electron chi connectivity index (χ3n) is 4.70. The number of anilines is 1. The van der Waals surface area contributed by atoms with E-state index < -0.39 is 12.3 Å². The van der Waals surface area contributed by atoms with Crippen molar-refractivity contribution >= 4 is 11.8 Å². The van der Waals surface area contributed by atoms with E-state index >= 15 is 0 Å². The molecule has 0 spiro atoms. The number of amides is 1. The summed E-state index contributed by atoms with van der Waals surface area (Å²) in [7, 11) is 0. The van der Waals surface area contributed by atoms with Gasteiger partial charge >= 0.3 is 6.09 Å². The van der Waals surface area contributed by atoms with Gasteiger partial charge in [-0.2, -0.15) is 4.98 Å². The Morgan fingerprint density at radius 1 is 1.30 bits per heavy atom. The van der Waals surface area contributed by atoms with E-state index in [0.29, 0.717) is 41.8 Å². The van der Waals surface area contributed by atoms with Gasteiger partial charge in [-0.15, -0.1) is 0 Å². The molecule has 7 nitrogen and oxygen atoms in total. The maximum absolute atomic E-state index is 12.7. The second-order valence-electron chi connectivity index (χ2n) is 8.37. The molecule has 0 bridgehead atoms. The second kappa shape index (κ2) is 9.28. The number of alkyl halides is 1. The zero-order valence-electron chi connectivity index (χ0n) is 17.9. The molecule has 1 aromatic carbocycles. The summed E-state index contributed by atoms with van der Waals surface area (Å²) in [4.78, 5) is 22.9. The first kappa shape index (κ1) is 21.8. The van der Waals surface area contributed by atoms with Crippen LogP contribution in [0.2, 0.25) is 0 Å². The Labute approximate surface area is 176 Å². The quantitative estimate of drug-likeness (QED) is 0.725. The molecule has 1 fully saturated rings. The van der Waals surface area contributed by atoms with Crippen LogP contribution in [0.3, 0.4) is 0 Å². The zero-order valence-corrected chi connectivity index (χ0v) is 17.9. The van der Waals surface area contributed by atoms with Crippen LogP contribution in [0.1, 0.15) is 45.0 Å². The summed E-state index contributed by atoms with van der Waals surface area (Å²) < 4.78 is 24.1. The standard InChI is InChI=1S/C22H29FN4O3/c1-15-24-14-19(20(26-15)29-18-9-7-16(12-23)8-10-18)25-13-17-6-5-11-27(17)21(28)30-22(2,3)4/h7-10,14,17,25H,5-6,11-13H2,1-4H3/t17-/m0/s1. The summed E-state index contributed by atoms with van der Waals surface area (Å²) in [5.74, 6) is 1.52. The van der Waals surface area contributed by atoms with Crippen LogP contribution < -0.4 is 10.1 Å². The summed E-state index contributed by atoms with van der Waals surface area (Å²) in [6, 6.07) is 6.77. The predicted octanol–water partition coefficient (Wildman–Crippen LogP) is 4.86. The van der Waals surface area contributed by atoms with Gasteiger partial charge in [-0.25, -0.2) is 14.2 Å². The predicted molar refractivity (Wildman–Crippen MR) is 113 cm³/mol. The molecule has 1 saturated heterocycles. The summed E-state index contributed by atoms with van der Waals surface area (Å²) in [6.45, 7) is 8.06. The SMILES string of the molecule is Cc1ncc(NC[C@@H]2CCCN2C(=O)OC(C)(C)C)c(Oc2ccc(CF)cc2)n1. The lowest BCUT2D eigenvalue weighted by molar-refractivity contribution is 0.0235. The molecule has 1 aliphatic rings. The fourth-order valence-electron chi connectivity index (χ4n) is 3.24. The fraction of sp³-hybridized carbons (Fsp3) is 0.500. The monoisotopic (exact) mass is 416 g/mol. The van der Waals surface area contributed by atoms with Crippen LogP contribution >= 0.6 is 0 Å². The number of aryl methyl sites for hydroxylation is 1. The summed E-state index contributed by atoms with van der Waals surface area (Å²) >= 11 is 0. The number of likely N-dealkylation sites (tertiary alicyclic amines) is 1. The number of aromatic nitrogens is 2. The van der Waals surface area contributed by atoms with Crippen molar-refractivity contribution in [2.45, 2.75) is 58.9 Å². The van der Waals surface area contributed by atoms with Crippen LogP contribution in [-0.2, 0) is 11.4 Å². The molecular formula is C22H29FN4O3. The van der Waals surface area contributed by atoms with Crippen molar-refractivity contribution in [1.29, 1.82) is 0 Å². The first-order valence-corrected chi connectivity index (χ1v) is 10.1.